The van der Waals surface area contributed by atoms with E-state index in [1.165, 1.54) is 24.1 Å². The molecular formula is C20H22N4O5. The normalized spacial score (nSPS) is 19.9. The van der Waals surface area contributed by atoms with Crippen LogP contribution in [0, 0.1) is 0 Å². The molecule has 1 aliphatic carbocycles. The molecule has 0 radical (unpaired) electrons. The number of amides is 6. The molecule has 1 saturated heterocycles. The van der Waals surface area contributed by atoms with Crippen molar-refractivity contribution in [2.45, 2.75) is 44.1 Å². The van der Waals surface area contributed by atoms with E-state index in [0.717, 1.165) is 17.7 Å². The second-order valence-corrected chi connectivity index (χ2v) is 7.76. The van der Waals surface area contributed by atoms with Gasteiger partial charge in [-0.05, 0) is 37.5 Å². The van der Waals surface area contributed by atoms with Crippen molar-refractivity contribution in [1.82, 2.24) is 15.1 Å². The van der Waals surface area contributed by atoms with Crippen LogP contribution in [-0.4, -0.2) is 58.6 Å². The molecule has 3 aliphatic rings. The van der Waals surface area contributed by atoms with Gasteiger partial charge in [0.05, 0.1) is 11.1 Å². The molecule has 9 nitrogen and oxygen atoms in total. The topological polar surface area (TPSA) is 116 Å². The summed E-state index contributed by atoms with van der Waals surface area (Å²) in [6.07, 6.45) is 3.65. The predicted octanol–water partition coefficient (Wildman–Crippen LogP) is 1.50. The van der Waals surface area contributed by atoms with Gasteiger partial charge in [-0.2, -0.15) is 0 Å². The summed E-state index contributed by atoms with van der Waals surface area (Å²) >= 11 is 0. The Bertz CT molecular complexity index is 935. The van der Waals surface area contributed by atoms with Crippen LogP contribution in [-0.2, 0) is 9.59 Å². The molecule has 2 N–H and O–H groups in total. The molecule has 0 bridgehead atoms. The number of benzene rings is 1. The number of hydrogen-bond acceptors (Lipinski definition) is 5. The maximum atomic E-state index is 12.6. The van der Waals surface area contributed by atoms with E-state index in [-0.39, 0.29) is 42.3 Å². The van der Waals surface area contributed by atoms with Gasteiger partial charge in [0.1, 0.15) is 5.54 Å². The number of rotatable bonds is 5. The third-order valence-corrected chi connectivity index (χ3v) is 5.86. The first kappa shape index (κ1) is 19.1. The van der Waals surface area contributed by atoms with Crippen LogP contribution < -0.4 is 10.6 Å². The summed E-state index contributed by atoms with van der Waals surface area (Å²) in [6, 6.07) is 4.19. The standard InChI is InChI=1S/C20H22N4O5/c1-23-16(26)13-7-6-12(11-14(13)17(23)27)21-15(25)5-4-10-24-18(28)20(22-19(24)29)8-2-3-9-20/h6-7,11H,2-5,8-10H2,1H3,(H,21,25)(H,22,29). The largest absolute Gasteiger partial charge is 0.326 e. The molecule has 2 fully saturated rings. The minimum atomic E-state index is -0.735. The van der Waals surface area contributed by atoms with E-state index in [1.54, 1.807) is 6.07 Å². The van der Waals surface area contributed by atoms with Crippen LogP contribution in [0.3, 0.4) is 0 Å². The second kappa shape index (κ2) is 6.98. The van der Waals surface area contributed by atoms with Gasteiger partial charge in [0.25, 0.3) is 17.7 Å². The Morgan fingerprint density at radius 1 is 1.10 bits per heavy atom. The summed E-state index contributed by atoms with van der Waals surface area (Å²) in [5.74, 6) is -1.25. The third-order valence-electron chi connectivity index (χ3n) is 5.86. The highest BCUT2D eigenvalue weighted by molar-refractivity contribution is 6.21. The number of nitrogens with zero attached hydrogens (tertiary/aromatic N) is 2. The van der Waals surface area contributed by atoms with Gasteiger partial charge < -0.3 is 10.6 Å². The van der Waals surface area contributed by atoms with E-state index in [2.05, 4.69) is 10.6 Å². The van der Waals surface area contributed by atoms with Crippen LogP contribution in [0.5, 0.6) is 0 Å². The molecule has 2 heterocycles. The van der Waals surface area contributed by atoms with Crippen LogP contribution in [0.4, 0.5) is 10.5 Å². The third kappa shape index (κ3) is 3.16. The maximum Gasteiger partial charge on any atom is 0.325 e. The van der Waals surface area contributed by atoms with Gasteiger partial charge in [0.15, 0.2) is 0 Å². The molecule has 0 atom stereocenters. The Hall–Kier alpha value is -3.23. The fourth-order valence-corrected chi connectivity index (χ4v) is 4.26. The molecular weight excluding hydrogens is 376 g/mol. The highest BCUT2D eigenvalue weighted by Gasteiger charge is 2.52. The SMILES string of the molecule is CN1C(=O)c2ccc(NC(=O)CCCN3C(=O)NC4(CCCC4)C3=O)cc2C1=O. The lowest BCUT2D eigenvalue weighted by Crippen LogP contribution is -2.44. The van der Waals surface area contributed by atoms with Crippen LogP contribution in [0.1, 0.15) is 59.2 Å². The Balaban J connectivity index is 1.31. The van der Waals surface area contributed by atoms with Gasteiger partial charge in [0.2, 0.25) is 5.91 Å². The van der Waals surface area contributed by atoms with Crippen molar-refractivity contribution < 1.29 is 24.0 Å². The van der Waals surface area contributed by atoms with Gasteiger partial charge in [-0.25, -0.2) is 4.79 Å². The first-order valence-corrected chi connectivity index (χ1v) is 9.73. The number of carbonyl (C=O) groups is 5. The summed E-state index contributed by atoms with van der Waals surface area (Å²) in [7, 11) is 1.41. The van der Waals surface area contributed by atoms with Gasteiger partial charge >= 0.3 is 6.03 Å². The Morgan fingerprint density at radius 3 is 2.52 bits per heavy atom. The first-order valence-electron chi connectivity index (χ1n) is 9.73. The lowest BCUT2D eigenvalue weighted by molar-refractivity contribution is -0.131. The summed E-state index contributed by atoms with van der Waals surface area (Å²) in [5, 5.41) is 5.51. The Labute approximate surface area is 167 Å². The molecule has 6 amide bonds. The van der Waals surface area contributed by atoms with E-state index < -0.39 is 11.4 Å². The molecule has 1 aromatic rings. The van der Waals surface area contributed by atoms with Crippen molar-refractivity contribution in [1.29, 1.82) is 0 Å². The minimum Gasteiger partial charge on any atom is -0.326 e. The van der Waals surface area contributed by atoms with E-state index in [9.17, 15) is 24.0 Å². The van der Waals surface area contributed by atoms with Gasteiger partial charge in [-0.3, -0.25) is 29.0 Å². The first-order chi connectivity index (χ1) is 13.8. The number of nitrogens with one attached hydrogen (secondary N) is 2. The molecule has 1 aromatic carbocycles. The van der Waals surface area contributed by atoms with E-state index in [4.69, 9.17) is 0 Å². The highest BCUT2D eigenvalue weighted by Crippen LogP contribution is 2.35. The number of carbonyl (C=O) groups excluding carboxylic acids is 5. The van der Waals surface area contributed by atoms with Crippen molar-refractivity contribution in [3.63, 3.8) is 0 Å². The zero-order valence-corrected chi connectivity index (χ0v) is 16.1. The number of urea groups is 1. The average Bonchev–Trinajstić information content (AvgIpc) is 3.32. The monoisotopic (exact) mass is 398 g/mol. The zero-order chi connectivity index (χ0) is 20.8. The second-order valence-electron chi connectivity index (χ2n) is 7.76. The fraction of sp³-hybridized carbons (Fsp3) is 0.450. The molecule has 1 spiro atoms. The zero-order valence-electron chi connectivity index (χ0n) is 16.1. The lowest BCUT2D eigenvalue weighted by atomic mass is 9.98. The molecule has 1 saturated carbocycles. The van der Waals surface area contributed by atoms with Gasteiger partial charge in [-0.1, -0.05) is 12.8 Å². The van der Waals surface area contributed by atoms with E-state index in [0.29, 0.717) is 30.5 Å². The lowest BCUT2D eigenvalue weighted by Gasteiger charge is -2.19. The molecule has 152 valence electrons. The summed E-state index contributed by atoms with van der Waals surface area (Å²) in [5.41, 5.74) is 0.262. The quantitative estimate of drug-likeness (QED) is 0.576. The van der Waals surface area contributed by atoms with Crippen molar-refractivity contribution in [3.05, 3.63) is 29.3 Å². The smallest absolute Gasteiger partial charge is 0.325 e. The molecule has 9 heteroatoms. The number of fused-ring (bicyclic) bond motifs is 1. The van der Waals surface area contributed by atoms with Crippen LogP contribution >= 0.6 is 0 Å². The van der Waals surface area contributed by atoms with Gasteiger partial charge in [-0.15, -0.1) is 0 Å². The molecule has 0 aromatic heterocycles. The van der Waals surface area contributed by atoms with Crippen LogP contribution in [0.15, 0.2) is 18.2 Å². The van der Waals surface area contributed by atoms with Crippen molar-refractivity contribution >= 4 is 35.3 Å². The molecule has 29 heavy (non-hydrogen) atoms. The minimum absolute atomic E-state index is 0.119. The number of hydrogen-bond donors (Lipinski definition) is 2. The maximum absolute atomic E-state index is 12.6. The molecule has 2 aliphatic heterocycles. The molecule has 0 unspecified atom stereocenters. The van der Waals surface area contributed by atoms with Gasteiger partial charge in [0, 0.05) is 25.7 Å². The van der Waals surface area contributed by atoms with Crippen LogP contribution in [0.25, 0.3) is 0 Å². The predicted molar refractivity (Wildman–Crippen MR) is 102 cm³/mol. The van der Waals surface area contributed by atoms with Crippen molar-refractivity contribution in [2.75, 3.05) is 18.9 Å². The molecule has 4 rings (SSSR count). The summed E-state index contributed by atoms with van der Waals surface area (Å²) in [4.78, 5) is 63.1. The highest BCUT2D eigenvalue weighted by atomic mass is 16.2. The summed E-state index contributed by atoms with van der Waals surface area (Å²) in [6.45, 7) is 0.182. The van der Waals surface area contributed by atoms with E-state index in [1.807, 2.05) is 0 Å². The average molecular weight is 398 g/mol. The van der Waals surface area contributed by atoms with E-state index >= 15 is 0 Å². The van der Waals surface area contributed by atoms with Crippen LogP contribution in [0.2, 0.25) is 0 Å². The summed E-state index contributed by atoms with van der Waals surface area (Å²) < 4.78 is 0. The Morgan fingerprint density at radius 2 is 1.79 bits per heavy atom. The van der Waals surface area contributed by atoms with Crippen molar-refractivity contribution in [2.24, 2.45) is 0 Å². The fourth-order valence-electron chi connectivity index (χ4n) is 4.26. The Kier molecular flexibility index (Phi) is 4.60. The number of imide groups is 2. The number of anilines is 1. The van der Waals surface area contributed by atoms with Crippen molar-refractivity contribution in [3.8, 4) is 0 Å².